The van der Waals surface area contributed by atoms with Gasteiger partial charge in [-0.3, -0.25) is 0 Å². The summed E-state index contributed by atoms with van der Waals surface area (Å²) in [4.78, 5) is 2.69. The first-order chi connectivity index (χ1) is 9.24. The molecule has 19 heavy (non-hydrogen) atoms. The summed E-state index contributed by atoms with van der Waals surface area (Å²) in [5.74, 6) is 0. The minimum Gasteiger partial charge on any atom is -0.385 e. The van der Waals surface area contributed by atoms with Gasteiger partial charge < -0.3 is 10.4 Å². The molecule has 0 atom stereocenters. The highest BCUT2D eigenvalue weighted by molar-refractivity contribution is 5.50. The molecule has 1 fully saturated rings. The summed E-state index contributed by atoms with van der Waals surface area (Å²) < 4.78 is 0. The first-order valence-corrected chi connectivity index (χ1v) is 6.46. The number of nitrogens with zero attached hydrogens (tertiary/aromatic N) is 3. The van der Waals surface area contributed by atoms with Gasteiger partial charge in [0.05, 0.1) is 5.60 Å². The lowest BCUT2D eigenvalue weighted by Crippen LogP contribution is -2.39. The van der Waals surface area contributed by atoms with Gasteiger partial charge in [-0.25, -0.2) is 0 Å². The van der Waals surface area contributed by atoms with E-state index >= 15 is 0 Å². The quantitative estimate of drug-likeness (QED) is 0.494. The van der Waals surface area contributed by atoms with Crippen molar-refractivity contribution in [3.05, 3.63) is 51.9 Å². The fraction of sp³-hybridized carbons (Fsp3) is 0.429. The monoisotopic (exact) mass is 258 g/mol. The Hall–Kier alpha value is -1.81. The van der Waals surface area contributed by atoms with E-state index in [1.54, 1.807) is 0 Å². The zero-order valence-electron chi connectivity index (χ0n) is 10.8. The Labute approximate surface area is 112 Å². The maximum Gasteiger partial charge on any atom is 0.0920 e. The van der Waals surface area contributed by atoms with Crippen LogP contribution in [-0.2, 0) is 5.60 Å². The van der Waals surface area contributed by atoms with Crippen molar-refractivity contribution in [1.29, 1.82) is 0 Å². The van der Waals surface area contributed by atoms with Gasteiger partial charge >= 0.3 is 0 Å². The van der Waals surface area contributed by atoms with E-state index in [1.807, 2.05) is 36.4 Å². The summed E-state index contributed by atoms with van der Waals surface area (Å²) in [6.07, 6.45) is 5.22. The molecule has 2 rings (SSSR count). The minimum absolute atomic E-state index is 0.355. The average molecular weight is 258 g/mol. The molecule has 2 N–H and O–H groups in total. The second kappa shape index (κ2) is 6.38. The van der Waals surface area contributed by atoms with Gasteiger partial charge in [0.1, 0.15) is 0 Å². The van der Waals surface area contributed by atoms with E-state index in [4.69, 9.17) is 5.53 Å². The van der Waals surface area contributed by atoms with Crippen LogP contribution >= 0.6 is 0 Å². The van der Waals surface area contributed by atoms with Gasteiger partial charge in [-0.1, -0.05) is 41.5 Å². The number of rotatable bonds is 4. The summed E-state index contributed by atoms with van der Waals surface area (Å²) in [5, 5.41) is 17.3. The molecule has 5 heteroatoms. The van der Waals surface area contributed by atoms with Gasteiger partial charge in [-0.05, 0) is 42.6 Å². The summed E-state index contributed by atoms with van der Waals surface area (Å²) >= 11 is 0. The van der Waals surface area contributed by atoms with Crippen molar-refractivity contribution in [2.75, 3.05) is 19.6 Å². The minimum atomic E-state index is -0.696. The number of piperidine rings is 1. The second-order valence-corrected chi connectivity index (χ2v) is 4.72. The molecule has 0 aliphatic carbocycles. The van der Waals surface area contributed by atoms with Crippen LogP contribution in [0, 0.1) is 0 Å². The van der Waals surface area contributed by atoms with Gasteiger partial charge in [0.15, 0.2) is 0 Å². The van der Waals surface area contributed by atoms with Gasteiger partial charge in [-0.2, -0.15) is 0 Å². The number of hydrogen-bond donors (Lipinski definition) is 2. The van der Waals surface area contributed by atoms with Gasteiger partial charge in [0, 0.05) is 11.5 Å². The van der Waals surface area contributed by atoms with Crippen LogP contribution in [0.15, 0.2) is 35.5 Å². The van der Waals surface area contributed by atoms with Crippen molar-refractivity contribution < 1.29 is 5.11 Å². The highest BCUT2D eigenvalue weighted by atomic mass is 16.3. The van der Waals surface area contributed by atoms with Gasteiger partial charge in [-0.15, -0.1) is 0 Å². The number of azide groups is 1. The molecular formula is C14H18N4O. The molecule has 100 valence electrons. The molecule has 5 nitrogen and oxygen atoms in total. The summed E-state index contributed by atoms with van der Waals surface area (Å²) in [6, 6.07) is 7.89. The number of benzene rings is 1. The third-order valence-corrected chi connectivity index (χ3v) is 3.44. The second-order valence-electron chi connectivity index (χ2n) is 4.72. The molecule has 0 saturated carbocycles. The van der Waals surface area contributed by atoms with Crippen LogP contribution in [-0.4, -0.2) is 24.7 Å². The normalized spacial score (nSPS) is 18.2. The van der Waals surface area contributed by atoms with Crippen molar-refractivity contribution in [3.8, 4) is 0 Å². The highest BCUT2D eigenvalue weighted by Crippen LogP contribution is 2.30. The predicted molar refractivity (Wildman–Crippen MR) is 75.5 cm³/mol. The molecule has 1 heterocycles. The molecular weight excluding hydrogens is 240 g/mol. The first kappa shape index (κ1) is 13.6. The molecule has 0 amide bonds. The van der Waals surface area contributed by atoms with E-state index in [0.717, 1.165) is 37.1 Å². The maximum absolute atomic E-state index is 10.6. The van der Waals surface area contributed by atoms with Crippen molar-refractivity contribution in [3.63, 3.8) is 0 Å². The van der Waals surface area contributed by atoms with E-state index in [-0.39, 0.29) is 0 Å². The van der Waals surface area contributed by atoms with E-state index in [0.29, 0.717) is 6.54 Å². The molecule has 0 spiro atoms. The maximum atomic E-state index is 10.6. The zero-order valence-corrected chi connectivity index (χ0v) is 10.8. The molecule has 0 aromatic heterocycles. The smallest absolute Gasteiger partial charge is 0.0920 e. The van der Waals surface area contributed by atoms with E-state index in [1.165, 1.54) is 0 Å². The Kier molecular flexibility index (Phi) is 4.58. The number of nitrogens with one attached hydrogen (secondary N) is 1. The summed E-state index contributed by atoms with van der Waals surface area (Å²) in [5.41, 5.74) is 9.48. The number of aliphatic hydroxyl groups is 1. The van der Waals surface area contributed by atoms with Crippen LogP contribution in [0.3, 0.4) is 0 Å². The van der Waals surface area contributed by atoms with Crippen molar-refractivity contribution in [2.45, 2.75) is 18.4 Å². The summed E-state index contributed by atoms with van der Waals surface area (Å²) in [6.45, 7) is 2.06. The predicted octanol–water partition coefficient (Wildman–Crippen LogP) is 2.58. The van der Waals surface area contributed by atoms with Crippen LogP contribution in [0.2, 0.25) is 0 Å². The van der Waals surface area contributed by atoms with E-state index in [2.05, 4.69) is 15.3 Å². The Morgan fingerprint density at radius 1 is 1.32 bits per heavy atom. The van der Waals surface area contributed by atoms with Crippen molar-refractivity contribution >= 4 is 6.08 Å². The molecule has 1 saturated heterocycles. The molecule has 1 aliphatic heterocycles. The lowest BCUT2D eigenvalue weighted by atomic mass is 9.85. The molecule has 0 radical (unpaired) electrons. The fourth-order valence-corrected chi connectivity index (χ4v) is 2.31. The lowest BCUT2D eigenvalue weighted by Gasteiger charge is -2.33. The Bertz CT molecular complexity index is 483. The van der Waals surface area contributed by atoms with Crippen LogP contribution in [0.25, 0.3) is 16.5 Å². The standard InChI is InChI=1S/C14H18N4O/c15-18-17-9-1-2-12-3-5-13(6-4-12)14(19)7-10-16-11-8-14/h1-6,16,19H,7-11H2. The van der Waals surface area contributed by atoms with E-state index in [9.17, 15) is 5.11 Å². The zero-order chi connectivity index (χ0) is 13.6. The van der Waals surface area contributed by atoms with Gasteiger partial charge in [0.25, 0.3) is 0 Å². The molecule has 1 aliphatic rings. The molecule has 1 aromatic rings. The van der Waals surface area contributed by atoms with Crippen LogP contribution in [0.5, 0.6) is 0 Å². The third kappa shape index (κ3) is 3.58. The van der Waals surface area contributed by atoms with Crippen molar-refractivity contribution in [1.82, 2.24) is 5.32 Å². The summed E-state index contributed by atoms with van der Waals surface area (Å²) in [7, 11) is 0. The van der Waals surface area contributed by atoms with Crippen LogP contribution < -0.4 is 5.32 Å². The largest absolute Gasteiger partial charge is 0.385 e. The average Bonchev–Trinajstić information content (AvgIpc) is 2.45. The lowest BCUT2D eigenvalue weighted by molar-refractivity contribution is 0.00594. The Balaban J connectivity index is 2.05. The molecule has 1 aromatic carbocycles. The van der Waals surface area contributed by atoms with Crippen LogP contribution in [0.4, 0.5) is 0 Å². The number of hydrogen-bond acceptors (Lipinski definition) is 3. The Morgan fingerprint density at radius 3 is 2.63 bits per heavy atom. The first-order valence-electron chi connectivity index (χ1n) is 6.46. The Morgan fingerprint density at radius 2 is 2.00 bits per heavy atom. The van der Waals surface area contributed by atoms with Gasteiger partial charge in [0.2, 0.25) is 0 Å². The third-order valence-electron chi connectivity index (χ3n) is 3.44. The van der Waals surface area contributed by atoms with Crippen LogP contribution in [0.1, 0.15) is 24.0 Å². The topological polar surface area (TPSA) is 81.0 Å². The molecule has 0 unspecified atom stereocenters. The highest BCUT2D eigenvalue weighted by Gasteiger charge is 2.30. The molecule has 0 bridgehead atoms. The SMILES string of the molecule is [N-]=[N+]=NCC=Cc1ccc(C2(O)CCNCC2)cc1. The van der Waals surface area contributed by atoms with E-state index < -0.39 is 5.60 Å². The fourth-order valence-electron chi connectivity index (χ4n) is 2.31. The van der Waals surface area contributed by atoms with Crippen molar-refractivity contribution in [2.24, 2.45) is 5.11 Å².